The molecule has 4 aromatic rings. The summed E-state index contributed by atoms with van der Waals surface area (Å²) in [6.45, 7) is 3.16. The van der Waals surface area contributed by atoms with Crippen LogP contribution < -0.4 is 0 Å². The third-order valence-electron chi connectivity index (χ3n) is 5.35. The normalized spacial score (nSPS) is 10.6. The molecule has 0 saturated carbocycles. The Kier molecular flexibility index (Phi) is 5.40. The molecular weight excluding hydrogens is 368 g/mol. The molecule has 2 heteroatoms. The number of hydrogen-bond donors (Lipinski definition) is 0. The van der Waals surface area contributed by atoms with Crippen LogP contribution in [0.1, 0.15) is 34.6 Å². The van der Waals surface area contributed by atoms with Gasteiger partial charge in [0.2, 0.25) is 0 Å². The molecule has 0 spiro atoms. The van der Waals surface area contributed by atoms with Gasteiger partial charge in [0.05, 0.1) is 0 Å². The number of carbonyl (C=O) groups is 2. The third kappa shape index (κ3) is 4.13. The van der Waals surface area contributed by atoms with Crippen LogP contribution in [0.3, 0.4) is 0 Å². The maximum Gasteiger partial charge on any atom is 0.159 e. The summed E-state index contributed by atoms with van der Waals surface area (Å²) >= 11 is 0. The molecule has 4 rings (SSSR count). The molecule has 0 heterocycles. The van der Waals surface area contributed by atoms with Gasteiger partial charge < -0.3 is 0 Å². The highest BCUT2D eigenvalue weighted by molar-refractivity contribution is 5.95. The molecule has 146 valence electrons. The lowest BCUT2D eigenvalue weighted by Gasteiger charge is -2.08. The number of Topliss-reactive ketones (excluding diaryl/α,β-unsaturated/α-hetero) is 2. The summed E-state index contributed by atoms with van der Waals surface area (Å²) in [5.41, 5.74) is 8.19. The Hall–Kier alpha value is -3.78. The Morgan fingerprint density at radius 2 is 0.533 bits per heavy atom. The molecule has 0 fully saturated rings. The van der Waals surface area contributed by atoms with Crippen LogP contribution >= 0.6 is 0 Å². The van der Waals surface area contributed by atoms with Crippen molar-refractivity contribution in [1.29, 1.82) is 0 Å². The summed E-state index contributed by atoms with van der Waals surface area (Å²) in [6.07, 6.45) is 0. The van der Waals surface area contributed by atoms with Crippen LogP contribution in [-0.4, -0.2) is 11.6 Å². The van der Waals surface area contributed by atoms with Crippen LogP contribution in [0.15, 0.2) is 97.1 Å². The minimum absolute atomic E-state index is 0.0788. The summed E-state index contributed by atoms with van der Waals surface area (Å²) in [4.78, 5) is 22.9. The van der Waals surface area contributed by atoms with Crippen LogP contribution in [0.5, 0.6) is 0 Å². The van der Waals surface area contributed by atoms with E-state index in [1.54, 1.807) is 13.8 Å². The first kappa shape index (κ1) is 19.5. The van der Waals surface area contributed by atoms with E-state index in [9.17, 15) is 9.59 Å². The number of hydrogen-bond acceptors (Lipinski definition) is 2. The van der Waals surface area contributed by atoms with Crippen molar-refractivity contribution < 1.29 is 9.59 Å². The number of rotatable bonds is 5. The molecule has 0 saturated heterocycles. The van der Waals surface area contributed by atoms with Crippen LogP contribution in [0, 0.1) is 0 Å². The molecule has 0 aliphatic rings. The van der Waals surface area contributed by atoms with Crippen LogP contribution in [-0.2, 0) is 0 Å². The van der Waals surface area contributed by atoms with Crippen molar-refractivity contribution >= 4 is 11.6 Å². The quantitative estimate of drug-likeness (QED) is 0.341. The van der Waals surface area contributed by atoms with Crippen molar-refractivity contribution in [2.75, 3.05) is 0 Å². The maximum absolute atomic E-state index is 11.4. The van der Waals surface area contributed by atoms with Crippen molar-refractivity contribution in [3.05, 3.63) is 108 Å². The van der Waals surface area contributed by atoms with Gasteiger partial charge >= 0.3 is 0 Å². The SMILES string of the molecule is CC(=O)c1ccc(-c2ccc(-c3ccc(-c4ccc(C(C)=O)cc4)cc3)cc2)cc1. The minimum atomic E-state index is 0.0788. The molecule has 0 atom stereocenters. The van der Waals surface area contributed by atoms with Crippen LogP contribution in [0.4, 0.5) is 0 Å². The standard InChI is InChI=1S/C28H22O2/c1-19(29)21-3-7-23(8-4-21)25-11-15-27(16-12-25)28-17-13-26(14-18-28)24-9-5-22(6-10-24)20(2)30/h3-18H,1-2H3. The first-order valence-corrected chi connectivity index (χ1v) is 9.94. The van der Waals surface area contributed by atoms with Crippen molar-refractivity contribution in [3.63, 3.8) is 0 Å². The fourth-order valence-corrected chi connectivity index (χ4v) is 3.51. The van der Waals surface area contributed by atoms with Crippen molar-refractivity contribution in [2.45, 2.75) is 13.8 Å². The topological polar surface area (TPSA) is 34.1 Å². The first-order chi connectivity index (χ1) is 14.5. The molecule has 2 nitrogen and oxygen atoms in total. The molecule has 0 radical (unpaired) electrons. The zero-order valence-corrected chi connectivity index (χ0v) is 17.1. The Morgan fingerprint density at radius 3 is 0.700 bits per heavy atom. The van der Waals surface area contributed by atoms with E-state index in [1.807, 2.05) is 48.5 Å². The van der Waals surface area contributed by atoms with E-state index in [4.69, 9.17) is 0 Å². The fraction of sp³-hybridized carbons (Fsp3) is 0.0714. The monoisotopic (exact) mass is 390 g/mol. The van der Waals surface area contributed by atoms with Gasteiger partial charge in [-0.1, -0.05) is 97.1 Å². The predicted octanol–water partition coefficient (Wildman–Crippen LogP) is 7.09. The molecule has 0 aliphatic carbocycles. The van der Waals surface area contributed by atoms with E-state index in [1.165, 1.54) is 0 Å². The summed E-state index contributed by atoms with van der Waals surface area (Å²) in [6, 6.07) is 32.3. The summed E-state index contributed by atoms with van der Waals surface area (Å²) in [7, 11) is 0. The average Bonchev–Trinajstić information content (AvgIpc) is 2.79. The Morgan fingerprint density at radius 1 is 0.367 bits per heavy atom. The Balaban J connectivity index is 1.53. The van der Waals surface area contributed by atoms with E-state index in [0.29, 0.717) is 0 Å². The van der Waals surface area contributed by atoms with E-state index >= 15 is 0 Å². The highest BCUT2D eigenvalue weighted by Gasteiger charge is 2.05. The number of ketones is 2. The first-order valence-electron chi connectivity index (χ1n) is 9.94. The van der Waals surface area contributed by atoms with Gasteiger partial charge in [0.25, 0.3) is 0 Å². The number of carbonyl (C=O) groups excluding carboxylic acids is 2. The smallest absolute Gasteiger partial charge is 0.159 e. The molecular formula is C28H22O2. The lowest BCUT2D eigenvalue weighted by molar-refractivity contribution is 0.100. The van der Waals surface area contributed by atoms with Gasteiger partial charge in [-0.2, -0.15) is 0 Å². The molecule has 4 aromatic carbocycles. The summed E-state index contributed by atoms with van der Waals surface area (Å²) in [5, 5.41) is 0. The lowest BCUT2D eigenvalue weighted by Crippen LogP contribution is -1.91. The second-order valence-electron chi connectivity index (χ2n) is 7.42. The van der Waals surface area contributed by atoms with E-state index < -0.39 is 0 Å². The zero-order chi connectivity index (χ0) is 21.1. The van der Waals surface area contributed by atoms with Crippen molar-refractivity contribution in [3.8, 4) is 33.4 Å². The van der Waals surface area contributed by atoms with Gasteiger partial charge in [0.15, 0.2) is 11.6 Å². The molecule has 30 heavy (non-hydrogen) atoms. The van der Waals surface area contributed by atoms with E-state index in [0.717, 1.165) is 44.5 Å². The van der Waals surface area contributed by atoms with Crippen molar-refractivity contribution in [2.24, 2.45) is 0 Å². The van der Waals surface area contributed by atoms with E-state index in [2.05, 4.69) is 48.5 Å². The number of benzene rings is 4. The second kappa shape index (κ2) is 8.30. The summed E-state index contributed by atoms with van der Waals surface area (Å²) < 4.78 is 0. The highest BCUT2D eigenvalue weighted by Crippen LogP contribution is 2.28. The minimum Gasteiger partial charge on any atom is -0.295 e. The predicted molar refractivity (Wildman–Crippen MR) is 123 cm³/mol. The molecule has 0 N–H and O–H groups in total. The molecule has 0 aromatic heterocycles. The maximum atomic E-state index is 11.4. The Bertz CT molecular complexity index is 1080. The second-order valence-corrected chi connectivity index (χ2v) is 7.42. The van der Waals surface area contributed by atoms with Gasteiger partial charge in [-0.3, -0.25) is 9.59 Å². The van der Waals surface area contributed by atoms with Crippen LogP contribution in [0.25, 0.3) is 33.4 Å². The average molecular weight is 390 g/mol. The molecule has 0 unspecified atom stereocenters. The van der Waals surface area contributed by atoms with Gasteiger partial charge in [-0.05, 0) is 47.2 Å². The largest absolute Gasteiger partial charge is 0.295 e. The van der Waals surface area contributed by atoms with E-state index in [-0.39, 0.29) is 11.6 Å². The molecule has 0 bridgehead atoms. The summed E-state index contributed by atoms with van der Waals surface area (Å²) in [5.74, 6) is 0.158. The lowest BCUT2D eigenvalue weighted by atomic mass is 9.97. The molecule has 0 amide bonds. The molecule has 0 aliphatic heterocycles. The van der Waals surface area contributed by atoms with Gasteiger partial charge in [0.1, 0.15) is 0 Å². The van der Waals surface area contributed by atoms with Crippen LogP contribution in [0.2, 0.25) is 0 Å². The highest BCUT2D eigenvalue weighted by atomic mass is 16.1. The zero-order valence-electron chi connectivity index (χ0n) is 17.1. The third-order valence-corrected chi connectivity index (χ3v) is 5.35. The van der Waals surface area contributed by atoms with Gasteiger partial charge in [-0.15, -0.1) is 0 Å². The van der Waals surface area contributed by atoms with Gasteiger partial charge in [0, 0.05) is 11.1 Å². The van der Waals surface area contributed by atoms with Gasteiger partial charge in [-0.25, -0.2) is 0 Å². The Labute approximate surface area is 176 Å². The fourth-order valence-electron chi connectivity index (χ4n) is 3.51. The van der Waals surface area contributed by atoms with Crippen molar-refractivity contribution in [1.82, 2.24) is 0 Å².